The van der Waals surface area contributed by atoms with Crippen molar-refractivity contribution in [3.05, 3.63) is 71.4 Å². The fourth-order valence-corrected chi connectivity index (χ4v) is 4.04. The molecular weight excluding hydrogens is 440 g/mol. The molecule has 178 valence electrons. The van der Waals surface area contributed by atoms with Crippen LogP contribution in [0.3, 0.4) is 0 Å². The zero-order valence-electron chi connectivity index (χ0n) is 20.0. The van der Waals surface area contributed by atoms with E-state index in [-0.39, 0.29) is 5.91 Å². The Morgan fingerprint density at radius 3 is 2.91 bits per heavy atom. The van der Waals surface area contributed by atoms with Gasteiger partial charge in [0.05, 0.1) is 23.6 Å². The van der Waals surface area contributed by atoms with E-state index in [0.29, 0.717) is 24.1 Å². The van der Waals surface area contributed by atoms with Gasteiger partial charge in [-0.2, -0.15) is 5.10 Å². The number of hydrogen-bond donors (Lipinski definition) is 3. The second-order valence-corrected chi connectivity index (χ2v) is 8.76. The smallest absolute Gasteiger partial charge is 0.268 e. The van der Waals surface area contributed by atoms with E-state index >= 15 is 0 Å². The van der Waals surface area contributed by atoms with Crippen molar-refractivity contribution in [2.45, 2.75) is 40.3 Å². The highest BCUT2D eigenvalue weighted by Gasteiger charge is 2.14. The molecule has 1 unspecified atom stereocenters. The number of fused-ring (bicyclic) bond motifs is 1. The number of aromatic amines is 1. The van der Waals surface area contributed by atoms with Gasteiger partial charge in [0.1, 0.15) is 5.69 Å². The Balaban J connectivity index is 1.32. The number of hydrogen-bond acceptors (Lipinski definition) is 6. The van der Waals surface area contributed by atoms with E-state index < -0.39 is 0 Å². The SMILES string of the molecule is CCn1ccc(CNC(=O)c2cc3cc(Nc4nccc(C5=CCC(C)C=N5)n4)cc(C)c3[nH]2)n1. The fourth-order valence-electron chi connectivity index (χ4n) is 4.04. The molecular formula is C26H28N8O. The van der Waals surface area contributed by atoms with Crippen molar-refractivity contribution in [3.63, 3.8) is 0 Å². The molecule has 1 amide bonds. The summed E-state index contributed by atoms with van der Waals surface area (Å²) >= 11 is 0. The molecule has 1 aromatic carbocycles. The van der Waals surface area contributed by atoms with Gasteiger partial charge in [-0.05, 0) is 62.1 Å². The molecule has 1 aliphatic rings. The minimum Gasteiger partial charge on any atom is -0.350 e. The second-order valence-electron chi connectivity index (χ2n) is 8.76. The number of rotatable bonds is 7. The number of benzene rings is 1. The summed E-state index contributed by atoms with van der Waals surface area (Å²) in [7, 11) is 0. The summed E-state index contributed by atoms with van der Waals surface area (Å²) in [5, 5.41) is 11.6. The summed E-state index contributed by atoms with van der Waals surface area (Å²) in [4.78, 5) is 29.5. The molecule has 5 rings (SSSR count). The number of H-pyrrole nitrogens is 1. The number of nitrogens with one attached hydrogen (secondary N) is 3. The number of amides is 1. The molecule has 35 heavy (non-hydrogen) atoms. The number of aromatic nitrogens is 5. The number of aliphatic imine (C=N–C) groups is 1. The Bertz CT molecular complexity index is 1440. The van der Waals surface area contributed by atoms with Crippen LogP contribution in [-0.2, 0) is 13.1 Å². The summed E-state index contributed by atoms with van der Waals surface area (Å²) in [5.41, 5.74) is 5.75. The predicted molar refractivity (Wildman–Crippen MR) is 138 cm³/mol. The van der Waals surface area contributed by atoms with Crippen molar-refractivity contribution in [2.75, 3.05) is 5.32 Å². The first kappa shape index (κ1) is 22.5. The highest BCUT2D eigenvalue weighted by Crippen LogP contribution is 2.26. The molecule has 0 radical (unpaired) electrons. The molecule has 4 heterocycles. The van der Waals surface area contributed by atoms with Crippen LogP contribution in [0.2, 0.25) is 0 Å². The van der Waals surface area contributed by atoms with Gasteiger partial charge in [-0.1, -0.05) is 13.0 Å². The van der Waals surface area contributed by atoms with Crippen molar-refractivity contribution >= 4 is 40.4 Å². The van der Waals surface area contributed by atoms with Crippen molar-refractivity contribution in [1.29, 1.82) is 0 Å². The molecule has 3 N–H and O–H groups in total. The minimum atomic E-state index is -0.173. The second kappa shape index (κ2) is 9.54. The number of anilines is 2. The molecule has 0 saturated heterocycles. The molecule has 0 saturated carbocycles. The van der Waals surface area contributed by atoms with Gasteiger partial charge < -0.3 is 15.6 Å². The van der Waals surface area contributed by atoms with E-state index in [1.165, 1.54) is 0 Å². The fraction of sp³-hybridized carbons (Fsp3) is 0.269. The summed E-state index contributed by atoms with van der Waals surface area (Å²) < 4.78 is 1.83. The first-order chi connectivity index (χ1) is 17.0. The normalized spacial score (nSPS) is 15.3. The average Bonchev–Trinajstić information content (AvgIpc) is 3.50. The molecule has 0 aliphatic carbocycles. The van der Waals surface area contributed by atoms with Crippen LogP contribution in [0.15, 0.2) is 53.8 Å². The van der Waals surface area contributed by atoms with Gasteiger partial charge in [0.25, 0.3) is 5.91 Å². The maximum atomic E-state index is 12.7. The maximum Gasteiger partial charge on any atom is 0.268 e. The lowest BCUT2D eigenvalue weighted by atomic mass is 10.1. The number of carbonyl (C=O) groups is 1. The molecule has 0 bridgehead atoms. The largest absolute Gasteiger partial charge is 0.350 e. The quantitative estimate of drug-likeness (QED) is 0.367. The number of carbonyl (C=O) groups excluding carboxylic acids is 1. The lowest BCUT2D eigenvalue weighted by Crippen LogP contribution is -2.23. The van der Waals surface area contributed by atoms with Crippen LogP contribution in [0.1, 0.15) is 47.7 Å². The van der Waals surface area contributed by atoms with Crippen molar-refractivity contribution in [1.82, 2.24) is 30.0 Å². The van der Waals surface area contributed by atoms with Crippen LogP contribution >= 0.6 is 0 Å². The Labute approximate surface area is 203 Å². The van der Waals surface area contributed by atoms with E-state index in [0.717, 1.165) is 52.2 Å². The lowest BCUT2D eigenvalue weighted by Gasteiger charge is -2.12. The van der Waals surface area contributed by atoms with Crippen molar-refractivity contribution < 1.29 is 4.79 Å². The monoisotopic (exact) mass is 468 g/mol. The first-order valence-electron chi connectivity index (χ1n) is 11.8. The lowest BCUT2D eigenvalue weighted by molar-refractivity contribution is 0.0946. The highest BCUT2D eigenvalue weighted by atomic mass is 16.1. The van der Waals surface area contributed by atoms with Gasteiger partial charge in [-0.15, -0.1) is 0 Å². The number of allylic oxidation sites excluding steroid dienone is 1. The Morgan fingerprint density at radius 2 is 2.14 bits per heavy atom. The van der Waals surface area contributed by atoms with E-state index in [1.54, 1.807) is 6.20 Å². The van der Waals surface area contributed by atoms with Gasteiger partial charge in [-0.3, -0.25) is 14.5 Å². The Morgan fingerprint density at radius 1 is 1.26 bits per heavy atom. The standard InChI is InChI=1S/C26H28N8O/c1-4-34-10-8-19(33-34)15-29-25(35)23-13-18-12-20(11-17(3)24(18)31-23)30-26-27-9-7-22(32-26)21-6-5-16(2)14-28-21/h6-14,16,31H,4-5,15H2,1-3H3,(H,29,35)(H,27,30,32). The van der Waals surface area contributed by atoms with Gasteiger partial charge in [0, 0.05) is 41.7 Å². The molecule has 1 atom stereocenters. The highest BCUT2D eigenvalue weighted by molar-refractivity contribution is 5.99. The third-order valence-corrected chi connectivity index (χ3v) is 5.95. The van der Waals surface area contributed by atoms with Gasteiger partial charge in [-0.25, -0.2) is 9.97 Å². The van der Waals surface area contributed by atoms with Crippen LogP contribution in [0, 0.1) is 12.8 Å². The first-order valence-corrected chi connectivity index (χ1v) is 11.8. The summed E-state index contributed by atoms with van der Waals surface area (Å²) in [6.45, 7) is 7.34. The number of nitrogens with zero attached hydrogens (tertiary/aromatic N) is 5. The van der Waals surface area contributed by atoms with Crippen molar-refractivity contribution in [2.24, 2.45) is 10.9 Å². The summed E-state index contributed by atoms with van der Waals surface area (Å²) in [6.07, 6.45) is 8.65. The molecule has 0 fully saturated rings. The minimum absolute atomic E-state index is 0.173. The van der Waals surface area contributed by atoms with Crippen molar-refractivity contribution in [3.8, 4) is 0 Å². The average molecular weight is 469 g/mol. The van der Waals surface area contributed by atoms with E-state index in [1.807, 2.05) is 61.3 Å². The Hall–Kier alpha value is -4.27. The van der Waals surface area contributed by atoms with E-state index in [2.05, 4.69) is 48.7 Å². The molecule has 9 heteroatoms. The zero-order chi connectivity index (χ0) is 24.4. The number of aryl methyl sites for hydroxylation is 2. The van der Waals surface area contributed by atoms with Gasteiger partial charge in [0.2, 0.25) is 5.95 Å². The maximum absolute atomic E-state index is 12.7. The van der Waals surface area contributed by atoms with Crippen LogP contribution in [0.25, 0.3) is 16.6 Å². The molecule has 0 spiro atoms. The molecule has 1 aliphatic heterocycles. The molecule has 3 aromatic heterocycles. The topological polar surface area (TPSA) is 113 Å². The van der Waals surface area contributed by atoms with Crippen LogP contribution < -0.4 is 10.6 Å². The predicted octanol–water partition coefficient (Wildman–Crippen LogP) is 4.61. The third-order valence-electron chi connectivity index (χ3n) is 5.95. The van der Waals surface area contributed by atoms with E-state index in [9.17, 15) is 4.79 Å². The molecule has 4 aromatic rings. The van der Waals surface area contributed by atoms with E-state index in [4.69, 9.17) is 0 Å². The summed E-state index contributed by atoms with van der Waals surface area (Å²) in [5.74, 6) is 0.768. The van der Waals surface area contributed by atoms with Crippen LogP contribution in [-0.4, -0.2) is 36.9 Å². The third kappa shape index (κ3) is 4.98. The van der Waals surface area contributed by atoms with Crippen LogP contribution in [0.4, 0.5) is 11.6 Å². The zero-order valence-corrected chi connectivity index (χ0v) is 20.0. The van der Waals surface area contributed by atoms with Gasteiger partial charge in [0.15, 0.2) is 0 Å². The summed E-state index contributed by atoms with van der Waals surface area (Å²) in [6, 6.07) is 9.61. The Kier molecular flexibility index (Phi) is 6.13. The van der Waals surface area contributed by atoms with Crippen LogP contribution in [0.5, 0.6) is 0 Å². The van der Waals surface area contributed by atoms with Gasteiger partial charge >= 0.3 is 0 Å². The molecule has 9 nitrogen and oxygen atoms in total.